The van der Waals surface area contributed by atoms with E-state index in [1.165, 1.54) is 6.42 Å². The average Bonchev–Trinajstić information content (AvgIpc) is 2.94. The number of imide groups is 1. The van der Waals surface area contributed by atoms with E-state index in [1.54, 1.807) is 4.90 Å². The van der Waals surface area contributed by atoms with Gasteiger partial charge in [-0.25, -0.2) is 4.79 Å². The number of aliphatic carboxylic acids is 1. The van der Waals surface area contributed by atoms with Crippen molar-refractivity contribution in [3.8, 4) is 0 Å². The van der Waals surface area contributed by atoms with Gasteiger partial charge < -0.3 is 10.4 Å². The largest absolute Gasteiger partial charge is 0.480 e. The molecule has 2 aliphatic carbocycles. The molecule has 140 valence electrons. The van der Waals surface area contributed by atoms with Crippen molar-refractivity contribution in [1.29, 1.82) is 0 Å². The standard InChI is InChI=1S/C18H29N3O4/c22-16(20-18(25)19-13-7-2-1-3-8-13)11-21-14-9-5-4-6-12(14)10-15(21)17(23)24/h12-15H,1-11H2,(H,23,24)(H2,19,20,22,25). The maximum Gasteiger partial charge on any atom is 0.321 e. The SMILES string of the molecule is O=C(CN1C(C(=O)O)CC2CCCCC21)NC(=O)NC1CCCCC1. The molecule has 3 aliphatic rings. The van der Waals surface area contributed by atoms with E-state index >= 15 is 0 Å². The van der Waals surface area contributed by atoms with E-state index in [0.29, 0.717) is 12.3 Å². The number of fused-ring (bicyclic) bond motifs is 1. The molecule has 0 aromatic carbocycles. The monoisotopic (exact) mass is 351 g/mol. The van der Waals surface area contributed by atoms with Crippen LogP contribution in [0.25, 0.3) is 0 Å². The molecule has 0 aromatic rings. The van der Waals surface area contributed by atoms with Crippen LogP contribution < -0.4 is 10.6 Å². The molecule has 7 heteroatoms. The van der Waals surface area contributed by atoms with Crippen LogP contribution in [0.5, 0.6) is 0 Å². The normalized spacial score (nSPS) is 30.5. The number of nitrogens with one attached hydrogen (secondary N) is 2. The summed E-state index contributed by atoms with van der Waals surface area (Å²) >= 11 is 0. The van der Waals surface area contributed by atoms with Crippen LogP contribution in [0.2, 0.25) is 0 Å². The van der Waals surface area contributed by atoms with Gasteiger partial charge in [-0.1, -0.05) is 32.1 Å². The summed E-state index contributed by atoms with van der Waals surface area (Å²) in [7, 11) is 0. The van der Waals surface area contributed by atoms with Crippen molar-refractivity contribution in [2.75, 3.05) is 6.54 Å². The molecular weight excluding hydrogens is 322 g/mol. The highest BCUT2D eigenvalue weighted by Gasteiger charge is 2.45. The van der Waals surface area contributed by atoms with Crippen molar-refractivity contribution in [2.45, 2.75) is 82.3 Å². The predicted molar refractivity (Wildman–Crippen MR) is 92.0 cm³/mol. The summed E-state index contributed by atoms with van der Waals surface area (Å²) in [5.41, 5.74) is 0. The number of likely N-dealkylation sites (tertiary alicyclic amines) is 1. The maximum absolute atomic E-state index is 12.3. The lowest BCUT2D eigenvalue weighted by atomic mass is 9.85. The van der Waals surface area contributed by atoms with E-state index < -0.39 is 23.9 Å². The molecule has 2 saturated carbocycles. The molecule has 1 saturated heterocycles. The lowest BCUT2D eigenvalue weighted by Gasteiger charge is -2.32. The molecule has 3 fully saturated rings. The number of carboxylic acid groups (broad SMARTS) is 1. The molecule has 0 radical (unpaired) electrons. The third-order valence-corrected chi connectivity index (χ3v) is 6.03. The second-order valence-electron chi connectivity index (χ2n) is 7.73. The van der Waals surface area contributed by atoms with Crippen LogP contribution in [-0.2, 0) is 9.59 Å². The van der Waals surface area contributed by atoms with Crippen LogP contribution in [0.3, 0.4) is 0 Å². The summed E-state index contributed by atoms with van der Waals surface area (Å²) in [6, 6.07) is -0.770. The Morgan fingerprint density at radius 1 is 0.960 bits per heavy atom. The molecule has 0 aromatic heterocycles. The van der Waals surface area contributed by atoms with Crippen LogP contribution in [0.15, 0.2) is 0 Å². The summed E-state index contributed by atoms with van der Waals surface area (Å²) in [5.74, 6) is -0.918. The van der Waals surface area contributed by atoms with E-state index in [-0.39, 0.29) is 18.6 Å². The first-order valence-electron chi connectivity index (χ1n) is 9.63. The van der Waals surface area contributed by atoms with Gasteiger partial charge in [0.2, 0.25) is 5.91 Å². The number of carbonyl (C=O) groups excluding carboxylic acids is 2. The molecule has 3 atom stereocenters. The first kappa shape index (κ1) is 18.2. The first-order chi connectivity index (χ1) is 12.0. The van der Waals surface area contributed by atoms with Gasteiger partial charge in [-0.05, 0) is 38.0 Å². The van der Waals surface area contributed by atoms with Crippen molar-refractivity contribution < 1.29 is 19.5 Å². The summed E-state index contributed by atoms with van der Waals surface area (Å²) < 4.78 is 0. The molecule has 3 amide bonds. The van der Waals surface area contributed by atoms with Gasteiger partial charge in [-0.15, -0.1) is 0 Å². The number of nitrogens with zero attached hydrogens (tertiary/aromatic N) is 1. The van der Waals surface area contributed by atoms with Crippen molar-refractivity contribution in [1.82, 2.24) is 15.5 Å². The minimum Gasteiger partial charge on any atom is -0.480 e. The summed E-state index contributed by atoms with van der Waals surface area (Å²) in [4.78, 5) is 37.7. The zero-order valence-corrected chi connectivity index (χ0v) is 14.7. The molecule has 0 spiro atoms. The molecule has 3 rings (SSSR count). The maximum atomic E-state index is 12.3. The van der Waals surface area contributed by atoms with Crippen molar-refractivity contribution in [2.24, 2.45) is 5.92 Å². The predicted octanol–water partition coefficient (Wildman–Crippen LogP) is 1.86. The Balaban J connectivity index is 1.53. The third-order valence-electron chi connectivity index (χ3n) is 6.03. The highest BCUT2D eigenvalue weighted by molar-refractivity contribution is 5.95. The van der Waals surface area contributed by atoms with Gasteiger partial charge in [-0.2, -0.15) is 0 Å². The topological polar surface area (TPSA) is 98.7 Å². The second kappa shape index (κ2) is 8.17. The van der Waals surface area contributed by atoms with E-state index in [0.717, 1.165) is 51.4 Å². The van der Waals surface area contributed by atoms with E-state index in [9.17, 15) is 19.5 Å². The molecule has 1 heterocycles. The van der Waals surface area contributed by atoms with E-state index in [2.05, 4.69) is 10.6 Å². The number of hydrogen-bond acceptors (Lipinski definition) is 4. The van der Waals surface area contributed by atoms with Gasteiger partial charge in [0.05, 0.1) is 6.54 Å². The van der Waals surface area contributed by atoms with Gasteiger partial charge in [0.25, 0.3) is 0 Å². The Morgan fingerprint density at radius 3 is 2.36 bits per heavy atom. The molecule has 25 heavy (non-hydrogen) atoms. The van der Waals surface area contributed by atoms with Crippen LogP contribution in [0.1, 0.15) is 64.2 Å². The highest BCUT2D eigenvalue weighted by atomic mass is 16.4. The summed E-state index contributed by atoms with van der Waals surface area (Å²) in [6.45, 7) is -0.0176. The molecule has 3 unspecified atom stereocenters. The minimum atomic E-state index is -0.867. The van der Waals surface area contributed by atoms with Crippen molar-refractivity contribution in [3.63, 3.8) is 0 Å². The summed E-state index contributed by atoms with van der Waals surface area (Å²) in [6.07, 6.45) is 10.1. The van der Waals surface area contributed by atoms with Crippen LogP contribution in [0, 0.1) is 5.92 Å². The molecule has 1 aliphatic heterocycles. The fraction of sp³-hybridized carbons (Fsp3) is 0.833. The Labute approximate surface area is 148 Å². The van der Waals surface area contributed by atoms with Gasteiger partial charge in [0.1, 0.15) is 6.04 Å². The van der Waals surface area contributed by atoms with Crippen molar-refractivity contribution >= 4 is 17.9 Å². The van der Waals surface area contributed by atoms with E-state index in [4.69, 9.17) is 0 Å². The number of rotatable bonds is 4. The number of amides is 3. The number of carboxylic acids is 1. The smallest absolute Gasteiger partial charge is 0.321 e. The second-order valence-corrected chi connectivity index (χ2v) is 7.73. The first-order valence-corrected chi connectivity index (χ1v) is 9.63. The lowest BCUT2D eigenvalue weighted by molar-refractivity contribution is -0.143. The fourth-order valence-corrected chi connectivity index (χ4v) is 4.82. The molecule has 7 nitrogen and oxygen atoms in total. The summed E-state index contributed by atoms with van der Waals surface area (Å²) in [5, 5.41) is 14.7. The number of hydrogen-bond donors (Lipinski definition) is 3. The molecule has 3 N–H and O–H groups in total. The fourth-order valence-electron chi connectivity index (χ4n) is 4.82. The lowest BCUT2D eigenvalue weighted by Crippen LogP contribution is -2.51. The Kier molecular flexibility index (Phi) is 5.93. The van der Waals surface area contributed by atoms with E-state index in [1.807, 2.05) is 0 Å². The minimum absolute atomic E-state index is 0.0176. The molecular formula is C18H29N3O4. The van der Waals surface area contributed by atoms with Crippen LogP contribution in [-0.4, -0.2) is 52.6 Å². The Bertz CT molecular complexity index is 518. The number of carbonyl (C=O) groups is 3. The quantitative estimate of drug-likeness (QED) is 0.718. The zero-order valence-electron chi connectivity index (χ0n) is 14.7. The number of urea groups is 1. The zero-order chi connectivity index (χ0) is 17.8. The highest BCUT2D eigenvalue weighted by Crippen LogP contribution is 2.39. The van der Waals surface area contributed by atoms with Gasteiger partial charge in [0.15, 0.2) is 0 Å². The van der Waals surface area contributed by atoms with Gasteiger partial charge in [0, 0.05) is 12.1 Å². The third kappa shape index (κ3) is 4.51. The Morgan fingerprint density at radius 2 is 1.64 bits per heavy atom. The molecule has 0 bridgehead atoms. The van der Waals surface area contributed by atoms with Crippen LogP contribution >= 0.6 is 0 Å². The van der Waals surface area contributed by atoms with Gasteiger partial charge in [-0.3, -0.25) is 19.8 Å². The Hall–Kier alpha value is -1.63. The van der Waals surface area contributed by atoms with Crippen LogP contribution in [0.4, 0.5) is 4.79 Å². The average molecular weight is 351 g/mol. The van der Waals surface area contributed by atoms with Gasteiger partial charge >= 0.3 is 12.0 Å². The van der Waals surface area contributed by atoms with Crippen molar-refractivity contribution in [3.05, 3.63) is 0 Å².